The SMILES string of the molecule is CCCCCCCCCCCCCCOc1c(C)cc(-c2ccc(-c3ccc(-c4ccc(-c5cccs5)s4)s3)s2)cc1C. The van der Waals surface area contributed by atoms with E-state index >= 15 is 0 Å². The zero-order valence-electron chi connectivity index (χ0n) is 26.1. The van der Waals surface area contributed by atoms with E-state index in [1.165, 1.54) is 121 Å². The summed E-state index contributed by atoms with van der Waals surface area (Å²) in [6.45, 7) is 7.50. The Hall–Kier alpha value is -2.18. The van der Waals surface area contributed by atoms with Gasteiger partial charge in [-0.25, -0.2) is 0 Å². The first-order valence-electron chi connectivity index (χ1n) is 16.2. The van der Waals surface area contributed by atoms with Crippen molar-refractivity contribution in [1.82, 2.24) is 0 Å². The van der Waals surface area contributed by atoms with Crippen LogP contribution in [0.3, 0.4) is 0 Å². The maximum Gasteiger partial charge on any atom is 0.125 e. The predicted molar refractivity (Wildman–Crippen MR) is 196 cm³/mol. The van der Waals surface area contributed by atoms with Crippen LogP contribution in [0.4, 0.5) is 0 Å². The van der Waals surface area contributed by atoms with Gasteiger partial charge in [-0.2, -0.15) is 0 Å². The summed E-state index contributed by atoms with van der Waals surface area (Å²) in [5.41, 5.74) is 3.77. The summed E-state index contributed by atoms with van der Waals surface area (Å²) in [5.74, 6) is 1.07. The molecular weight excluding hydrogens is 601 g/mol. The number of rotatable bonds is 18. The molecule has 1 nitrogen and oxygen atoms in total. The van der Waals surface area contributed by atoms with E-state index in [1.54, 1.807) is 0 Å². The van der Waals surface area contributed by atoms with E-state index in [-0.39, 0.29) is 0 Å². The quantitative estimate of drug-likeness (QED) is 0.0861. The van der Waals surface area contributed by atoms with Gasteiger partial charge in [0, 0.05) is 34.1 Å². The van der Waals surface area contributed by atoms with Crippen LogP contribution in [0.5, 0.6) is 5.75 Å². The minimum absolute atomic E-state index is 0.821. The van der Waals surface area contributed by atoms with E-state index in [1.807, 2.05) is 45.3 Å². The second-order valence-electron chi connectivity index (χ2n) is 11.6. The van der Waals surface area contributed by atoms with Crippen molar-refractivity contribution < 1.29 is 4.74 Å². The summed E-state index contributed by atoms with van der Waals surface area (Å²) >= 11 is 7.47. The molecule has 0 atom stereocenters. The lowest BCUT2D eigenvalue weighted by atomic mass is 10.0. The van der Waals surface area contributed by atoms with Crippen molar-refractivity contribution in [2.45, 2.75) is 97.8 Å². The first kappa shape index (κ1) is 32.2. The van der Waals surface area contributed by atoms with Gasteiger partial charge in [-0.3, -0.25) is 0 Å². The van der Waals surface area contributed by atoms with Crippen LogP contribution in [0.25, 0.3) is 39.7 Å². The molecule has 5 rings (SSSR count). The Bertz CT molecular complexity index is 1490. The average Bonchev–Trinajstić information content (AvgIpc) is 3.82. The highest BCUT2D eigenvalue weighted by atomic mass is 32.1. The Labute approximate surface area is 275 Å². The van der Waals surface area contributed by atoms with Crippen molar-refractivity contribution in [2.75, 3.05) is 6.61 Å². The summed E-state index contributed by atoms with van der Waals surface area (Å²) in [7, 11) is 0. The summed E-state index contributed by atoms with van der Waals surface area (Å²) in [6.07, 6.45) is 16.4. The van der Waals surface area contributed by atoms with E-state index in [0.29, 0.717) is 0 Å². The van der Waals surface area contributed by atoms with Gasteiger partial charge >= 0.3 is 0 Å². The predicted octanol–water partition coefficient (Wildman–Crippen LogP) is 14.3. The zero-order chi connectivity index (χ0) is 29.9. The van der Waals surface area contributed by atoms with Gasteiger partial charge in [0.15, 0.2) is 0 Å². The van der Waals surface area contributed by atoms with Gasteiger partial charge in [0.25, 0.3) is 0 Å². The molecule has 0 amide bonds. The number of aryl methyl sites for hydroxylation is 2. The topological polar surface area (TPSA) is 9.23 Å². The molecule has 0 saturated carbocycles. The lowest BCUT2D eigenvalue weighted by Crippen LogP contribution is -2.01. The van der Waals surface area contributed by atoms with E-state index in [4.69, 9.17) is 4.74 Å². The summed E-state index contributed by atoms with van der Waals surface area (Å²) < 4.78 is 6.30. The molecule has 0 aliphatic carbocycles. The number of hydrogen-bond donors (Lipinski definition) is 0. The molecule has 1 aromatic carbocycles. The molecule has 4 aromatic heterocycles. The molecule has 0 unspecified atom stereocenters. The summed E-state index contributed by atoms with van der Waals surface area (Å²) in [5, 5.41) is 2.15. The highest BCUT2D eigenvalue weighted by Gasteiger charge is 2.13. The molecule has 0 bridgehead atoms. The van der Waals surface area contributed by atoms with Crippen molar-refractivity contribution >= 4 is 45.3 Å². The molecule has 0 aliphatic rings. The fourth-order valence-electron chi connectivity index (χ4n) is 5.69. The Morgan fingerprint density at radius 2 is 0.953 bits per heavy atom. The van der Waals surface area contributed by atoms with E-state index in [2.05, 4.69) is 86.8 Å². The minimum Gasteiger partial charge on any atom is -0.493 e. The van der Waals surface area contributed by atoms with Gasteiger partial charge in [-0.15, -0.1) is 45.3 Å². The van der Waals surface area contributed by atoms with Crippen LogP contribution in [0.2, 0.25) is 0 Å². The standard InChI is InChI=1S/C38H46OS4/c1-4-5-6-7-8-9-10-11-12-13-14-15-24-39-38-28(2)26-30(27-29(38)3)31-18-19-34(41-31)35-22-23-37(43-35)36-21-20-33(42-36)32-17-16-25-40-32/h16-23,25-27H,4-15,24H2,1-3H3. The van der Waals surface area contributed by atoms with E-state index in [9.17, 15) is 0 Å². The second-order valence-corrected chi connectivity index (χ2v) is 15.8. The lowest BCUT2D eigenvalue weighted by molar-refractivity contribution is 0.300. The second kappa shape index (κ2) is 16.8. The maximum atomic E-state index is 6.30. The first-order chi connectivity index (χ1) is 21.1. The van der Waals surface area contributed by atoms with Crippen LogP contribution in [0.1, 0.15) is 95.1 Å². The normalized spacial score (nSPS) is 11.4. The van der Waals surface area contributed by atoms with Gasteiger partial charge in [0.2, 0.25) is 0 Å². The van der Waals surface area contributed by atoms with Crippen molar-refractivity contribution in [3.63, 3.8) is 0 Å². The zero-order valence-corrected chi connectivity index (χ0v) is 29.4. The van der Waals surface area contributed by atoms with Crippen LogP contribution in [-0.2, 0) is 0 Å². The van der Waals surface area contributed by atoms with Crippen LogP contribution in [0, 0.1) is 13.8 Å². The molecule has 0 fully saturated rings. The Morgan fingerprint density at radius 1 is 0.512 bits per heavy atom. The van der Waals surface area contributed by atoms with Crippen molar-refractivity contribution in [2.24, 2.45) is 0 Å². The van der Waals surface area contributed by atoms with Gasteiger partial charge in [0.05, 0.1) is 6.61 Å². The molecule has 0 saturated heterocycles. The van der Waals surface area contributed by atoms with Crippen LogP contribution in [-0.4, -0.2) is 6.61 Å². The number of unbranched alkanes of at least 4 members (excludes halogenated alkanes) is 11. The highest BCUT2D eigenvalue weighted by Crippen LogP contribution is 2.44. The van der Waals surface area contributed by atoms with Crippen molar-refractivity contribution in [3.8, 4) is 45.5 Å². The van der Waals surface area contributed by atoms with Gasteiger partial charge in [-0.05, 0) is 96.9 Å². The molecule has 5 heteroatoms. The van der Waals surface area contributed by atoms with Gasteiger partial charge in [-0.1, -0.05) is 83.6 Å². The molecular formula is C38H46OS4. The molecule has 228 valence electrons. The maximum absolute atomic E-state index is 6.30. The third-order valence-corrected chi connectivity index (χ3v) is 12.8. The Morgan fingerprint density at radius 3 is 1.44 bits per heavy atom. The number of hydrogen-bond acceptors (Lipinski definition) is 5. The largest absolute Gasteiger partial charge is 0.493 e. The fraction of sp³-hybridized carbons (Fsp3) is 0.421. The van der Waals surface area contributed by atoms with Crippen LogP contribution in [0.15, 0.2) is 66.0 Å². The molecule has 4 heterocycles. The summed E-state index contributed by atoms with van der Waals surface area (Å²) in [4.78, 5) is 9.39. The third kappa shape index (κ3) is 9.17. The van der Waals surface area contributed by atoms with Gasteiger partial charge < -0.3 is 4.74 Å². The number of thiophene rings is 4. The fourth-order valence-corrected chi connectivity index (χ4v) is 9.71. The van der Waals surface area contributed by atoms with Crippen LogP contribution < -0.4 is 4.74 Å². The molecule has 0 radical (unpaired) electrons. The Kier molecular flexibility index (Phi) is 12.6. The average molecular weight is 647 g/mol. The lowest BCUT2D eigenvalue weighted by Gasteiger charge is -2.14. The van der Waals surface area contributed by atoms with Crippen LogP contribution >= 0.6 is 45.3 Å². The molecule has 43 heavy (non-hydrogen) atoms. The molecule has 5 aromatic rings. The first-order valence-corrected chi connectivity index (χ1v) is 19.5. The summed E-state index contributed by atoms with van der Waals surface area (Å²) in [6, 6.07) is 22.6. The highest BCUT2D eigenvalue weighted by molar-refractivity contribution is 7.28. The van der Waals surface area contributed by atoms with Crippen molar-refractivity contribution in [3.05, 3.63) is 77.2 Å². The third-order valence-electron chi connectivity index (χ3n) is 8.06. The smallest absolute Gasteiger partial charge is 0.125 e. The molecule has 0 N–H and O–H groups in total. The molecule has 0 aliphatic heterocycles. The number of ether oxygens (including phenoxy) is 1. The number of benzene rings is 1. The Balaban J connectivity index is 1.08. The molecule has 0 spiro atoms. The van der Waals surface area contributed by atoms with Crippen molar-refractivity contribution in [1.29, 1.82) is 0 Å². The van der Waals surface area contributed by atoms with E-state index in [0.717, 1.165) is 18.8 Å². The van der Waals surface area contributed by atoms with Gasteiger partial charge in [0.1, 0.15) is 5.75 Å². The minimum atomic E-state index is 0.821. The monoisotopic (exact) mass is 646 g/mol. The van der Waals surface area contributed by atoms with E-state index < -0.39 is 0 Å².